The Morgan fingerprint density at radius 3 is 2.85 bits per heavy atom. The lowest BCUT2D eigenvalue weighted by Crippen LogP contribution is -2.38. The minimum absolute atomic E-state index is 0.336. The molecule has 6 heteroatoms. The number of hydrogen-bond acceptors (Lipinski definition) is 3. The maximum Gasteiger partial charge on any atom is 0.191 e. The van der Waals surface area contributed by atoms with Gasteiger partial charge in [-0.05, 0) is 48.2 Å². The average Bonchev–Trinajstić information content (AvgIpc) is 3.10. The quantitative estimate of drug-likeness (QED) is 0.549. The number of nitrogens with zero attached hydrogens (tertiary/aromatic N) is 1. The maximum absolute atomic E-state index is 13.4. The lowest BCUT2D eigenvalue weighted by atomic mass is 10.1. The molecular formula is C20H24FN3O2. The minimum Gasteiger partial charge on any atom is -0.505 e. The summed E-state index contributed by atoms with van der Waals surface area (Å²) >= 11 is 0. The number of halogens is 1. The van der Waals surface area contributed by atoms with Gasteiger partial charge in [0.05, 0.1) is 13.2 Å². The Labute approximate surface area is 152 Å². The van der Waals surface area contributed by atoms with Crippen molar-refractivity contribution in [3.8, 4) is 11.5 Å². The Hall–Kier alpha value is -2.76. The number of aliphatic imine (C=N–C) groups is 1. The van der Waals surface area contributed by atoms with Gasteiger partial charge in [0, 0.05) is 19.5 Å². The number of fused-ring (bicyclic) bond motifs is 1. The molecule has 1 heterocycles. The van der Waals surface area contributed by atoms with Gasteiger partial charge >= 0.3 is 0 Å². The fraction of sp³-hybridized carbons (Fsp3) is 0.350. The van der Waals surface area contributed by atoms with Crippen LogP contribution in [0.4, 0.5) is 4.39 Å². The molecule has 0 aromatic heterocycles. The van der Waals surface area contributed by atoms with E-state index in [4.69, 9.17) is 4.74 Å². The fourth-order valence-corrected chi connectivity index (χ4v) is 2.88. The summed E-state index contributed by atoms with van der Waals surface area (Å²) in [4.78, 5) is 4.47. The zero-order chi connectivity index (χ0) is 18.4. The van der Waals surface area contributed by atoms with Crippen LogP contribution in [0.1, 0.15) is 23.6 Å². The second-order valence-electron chi connectivity index (χ2n) is 6.20. The largest absolute Gasteiger partial charge is 0.505 e. The SMILES string of the molecule is CCNC(=NCc1ccc(O)c(F)c1)NCCc1ccc2c(c1)CCO2. The van der Waals surface area contributed by atoms with Crippen LogP contribution in [-0.2, 0) is 19.4 Å². The van der Waals surface area contributed by atoms with E-state index >= 15 is 0 Å². The summed E-state index contributed by atoms with van der Waals surface area (Å²) in [6.45, 7) is 4.59. The molecule has 0 saturated heterocycles. The van der Waals surface area contributed by atoms with Gasteiger partial charge in [-0.1, -0.05) is 18.2 Å². The average molecular weight is 357 g/mol. The number of ether oxygens (including phenoxy) is 1. The highest BCUT2D eigenvalue weighted by atomic mass is 19.1. The van der Waals surface area contributed by atoms with Crippen molar-refractivity contribution >= 4 is 5.96 Å². The molecule has 2 aromatic rings. The Morgan fingerprint density at radius 1 is 1.19 bits per heavy atom. The first kappa shape index (κ1) is 18.0. The molecule has 1 aliphatic heterocycles. The fourth-order valence-electron chi connectivity index (χ4n) is 2.88. The molecule has 0 fully saturated rings. The highest BCUT2D eigenvalue weighted by Gasteiger charge is 2.11. The van der Waals surface area contributed by atoms with Crippen LogP contribution < -0.4 is 15.4 Å². The minimum atomic E-state index is -0.628. The van der Waals surface area contributed by atoms with Crippen molar-refractivity contribution in [2.24, 2.45) is 4.99 Å². The van der Waals surface area contributed by atoms with Crippen LogP contribution in [0, 0.1) is 5.82 Å². The molecule has 5 nitrogen and oxygen atoms in total. The standard InChI is InChI=1S/C20H24FN3O2/c1-2-22-20(24-13-15-3-5-18(25)17(21)12-15)23-9-7-14-4-6-19-16(11-14)8-10-26-19/h3-6,11-12,25H,2,7-10,13H2,1H3,(H2,22,23,24). The van der Waals surface area contributed by atoms with Gasteiger partial charge in [0.15, 0.2) is 17.5 Å². The number of benzene rings is 2. The predicted molar refractivity (Wildman–Crippen MR) is 100 cm³/mol. The highest BCUT2D eigenvalue weighted by molar-refractivity contribution is 5.79. The molecular weight excluding hydrogens is 333 g/mol. The number of nitrogens with one attached hydrogen (secondary N) is 2. The first-order valence-corrected chi connectivity index (χ1v) is 8.90. The number of phenolic OH excluding ortho intramolecular Hbond substituents is 1. The van der Waals surface area contributed by atoms with Crippen LogP contribution in [0.3, 0.4) is 0 Å². The second kappa shape index (κ2) is 8.56. The van der Waals surface area contributed by atoms with Gasteiger partial charge in [-0.2, -0.15) is 0 Å². The van der Waals surface area contributed by atoms with Gasteiger partial charge in [-0.3, -0.25) is 0 Å². The molecule has 0 bridgehead atoms. The molecule has 3 rings (SSSR count). The molecule has 26 heavy (non-hydrogen) atoms. The van der Waals surface area contributed by atoms with E-state index in [2.05, 4.69) is 27.8 Å². The van der Waals surface area contributed by atoms with Crippen molar-refractivity contribution in [2.45, 2.75) is 26.3 Å². The first-order valence-electron chi connectivity index (χ1n) is 8.90. The normalized spacial score (nSPS) is 13.2. The maximum atomic E-state index is 13.4. The lowest BCUT2D eigenvalue weighted by molar-refractivity contribution is 0.357. The molecule has 0 spiro atoms. The van der Waals surface area contributed by atoms with Crippen molar-refractivity contribution in [1.29, 1.82) is 0 Å². The first-order chi connectivity index (χ1) is 12.7. The third-order valence-electron chi connectivity index (χ3n) is 4.24. The zero-order valence-corrected chi connectivity index (χ0v) is 14.9. The number of guanidine groups is 1. The van der Waals surface area contributed by atoms with Crippen LogP contribution in [-0.4, -0.2) is 30.8 Å². The van der Waals surface area contributed by atoms with Gasteiger partial charge in [0.2, 0.25) is 0 Å². The molecule has 0 aliphatic carbocycles. The summed E-state index contributed by atoms with van der Waals surface area (Å²) in [5, 5.41) is 15.7. The summed E-state index contributed by atoms with van der Waals surface area (Å²) in [5.74, 6) is 0.710. The third-order valence-corrected chi connectivity index (χ3v) is 4.24. The van der Waals surface area contributed by atoms with E-state index in [1.807, 2.05) is 13.0 Å². The topological polar surface area (TPSA) is 65.9 Å². The van der Waals surface area contributed by atoms with E-state index < -0.39 is 5.82 Å². The van der Waals surface area contributed by atoms with Gasteiger partial charge in [0.25, 0.3) is 0 Å². The summed E-state index contributed by atoms with van der Waals surface area (Å²) in [5.41, 5.74) is 3.24. The summed E-state index contributed by atoms with van der Waals surface area (Å²) in [7, 11) is 0. The molecule has 0 saturated carbocycles. The van der Waals surface area contributed by atoms with Gasteiger partial charge in [0.1, 0.15) is 5.75 Å². The molecule has 1 aliphatic rings. The third kappa shape index (κ3) is 4.65. The van der Waals surface area contributed by atoms with Gasteiger partial charge in [-0.15, -0.1) is 0 Å². The van der Waals surface area contributed by atoms with Crippen LogP contribution in [0.15, 0.2) is 41.4 Å². The summed E-state index contributed by atoms with van der Waals surface area (Å²) in [6.07, 6.45) is 1.86. The Balaban J connectivity index is 1.55. The molecule has 0 atom stereocenters. The smallest absolute Gasteiger partial charge is 0.191 e. The van der Waals surface area contributed by atoms with E-state index in [-0.39, 0.29) is 5.75 Å². The number of aromatic hydroxyl groups is 1. The molecule has 138 valence electrons. The van der Waals surface area contributed by atoms with Crippen molar-refractivity contribution in [2.75, 3.05) is 19.7 Å². The van der Waals surface area contributed by atoms with E-state index in [1.54, 1.807) is 6.07 Å². The summed E-state index contributed by atoms with van der Waals surface area (Å²) in [6, 6.07) is 10.6. The molecule has 3 N–H and O–H groups in total. The number of hydrogen-bond donors (Lipinski definition) is 3. The van der Waals surface area contributed by atoms with Crippen molar-refractivity contribution in [1.82, 2.24) is 10.6 Å². The van der Waals surface area contributed by atoms with Crippen LogP contribution in [0.25, 0.3) is 0 Å². The monoisotopic (exact) mass is 357 g/mol. The van der Waals surface area contributed by atoms with Crippen LogP contribution >= 0.6 is 0 Å². The van der Waals surface area contributed by atoms with Crippen LogP contribution in [0.2, 0.25) is 0 Å². The Bertz CT molecular complexity index is 793. The highest BCUT2D eigenvalue weighted by Crippen LogP contribution is 2.25. The van der Waals surface area contributed by atoms with Gasteiger partial charge < -0.3 is 20.5 Å². The van der Waals surface area contributed by atoms with E-state index in [0.717, 1.165) is 38.3 Å². The summed E-state index contributed by atoms with van der Waals surface area (Å²) < 4.78 is 18.9. The number of phenols is 1. The van der Waals surface area contributed by atoms with Gasteiger partial charge in [-0.25, -0.2) is 9.38 Å². The van der Waals surface area contributed by atoms with Crippen LogP contribution in [0.5, 0.6) is 11.5 Å². The molecule has 0 radical (unpaired) electrons. The molecule has 2 aromatic carbocycles. The molecule has 0 amide bonds. The lowest BCUT2D eigenvalue weighted by Gasteiger charge is -2.12. The van der Waals surface area contributed by atoms with E-state index in [9.17, 15) is 9.50 Å². The number of rotatable bonds is 6. The molecule has 0 unspecified atom stereocenters. The Kier molecular flexibility index (Phi) is 5.94. The Morgan fingerprint density at radius 2 is 2.04 bits per heavy atom. The predicted octanol–water partition coefficient (Wildman–Crippen LogP) is 2.76. The zero-order valence-electron chi connectivity index (χ0n) is 14.9. The van der Waals surface area contributed by atoms with Crippen molar-refractivity contribution in [3.05, 3.63) is 58.9 Å². The second-order valence-corrected chi connectivity index (χ2v) is 6.20. The van der Waals surface area contributed by atoms with Crippen molar-refractivity contribution in [3.63, 3.8) is 0 Å². The van der Waals surface area contributed by atoms with E-state index in [0.29, 0.717) is 18.1 Å². The van der Waals surface area contributed by atoms with E-state index in [1.165, 1.54) is 23.3 Å². The van der Waals surface area contributed by atoms with Crippen molar-refractivity contribution < 1.29 is 14.2 Å².